The Morgan fingerprint density at radius 2 is 2.00 bits per heavy atom. The van der Waals surface area contributed by atoms with Gasteiger partial charge in [0.25, 0.3) is 0 Å². The van der Waals surface area contributed by atoms with E-state index in [-0.39, 0.29) is 0 Å². The van der Waals surface area contributed by atoms with Crippen molar-refractivity contribution in [1.82, 2.24) is 4.90 Å². The van der Waals surface area contributed by atoms with E-state index in [2.05, 4.69) is 4.90 Å². The minimum absolute atomic E-state index is 0.440. The van der Waals surface area contributed by atoms with Gasteiger partial charge in [-0.25, -0.2) is 0 Å². The van der Waals surface area contributed by atoms with Crippen LogP contribution in [0.1, 0.15) is 37.3 Å². The van der Waals surface area contributed by atoms with Gasteiger partial charge < -0.3 is 5.11 Å². The number of hydrogen-bond acceptors (Lipinski definition) is 3. The van der Waals surface area contributed by atoms with Crippen molar-refractivity contribution < 1.29 is 9.90 Å². The Kier molecular flexibility index (Phi) is 3.96. The van der Waals surface area contributed by atoms with Crippen LogP contribution in [0, 0.1) is 0 Å². The van der Waals surface area contributed by atoms with Crippen molar-refractivity contribution in [1.29, 1.82) is 0 Å². The molecule has 1 aliphatic heterocycles. The minimum Gasteiger partial charge on any atom is -0.480 e. The summed E-state index contributed by atoms with van der Waals surface area (Å²) in [5, 5.41) is 13.2. The minimum atomic E-state index is -0.722. The highest BCUT2D eigenvalue weighted by Gasteiger charge is 2.27. The third-order valence-corrected chi connectivity index (χ3v) is 3.80. The van der Waals surface area contributed by atoms with Gasteiger partial charge in [0.2, 0.25) is 0 Å². The van der Waals surface area contributed by atoms with Crippen LogP contribution in [0.3, 0.4) is 0 Å². The number of rotatable bonds is 3. The quantitative estimate of drug-likeness (QED) is 0.881. The average molecular weight is 239 g/mol. The normalized spacial score (nSPS) is 20.2. The summed E-state index contributed by atoms with van der Waals surface area (Å²) in [5.41, 5.74) is 0.930. The molecule has 0 aromatic carbocycles. The lowest BCUT2D eigenvalue weighted by Gasteiger charge is -2.26. The van der Waals surface area contributed by atoms with Crippen LogP contribution in [0.4, 0.5) is 0 Å². The standard InChI is InChI=1S/C12H17NO2S/c14-12(15)11(10-5-8-16-9-10)13-6-3-1-2-4-7-13/h5,8-9,11H,1-4,6-7H2,(H,14,15). The second kappa shape index (κ2) is 5.46. The van der Waals surface area contributed by atoms with Crippen molar-refractivity contribution in [2.45, 2.75) is 31.7 Å². The molecule has 16 heavy (non-hydrogen) atoms. The van der Waals surface area contributed by atoms with Crippen LogP contribution < -0.4 is 0 Å². The smallest absolute Gasteiger partial charge is 0.325 e. The fourth-order valence-electron chi connectivity index (χ4n) is 2.29. The van der Waals surface area contributed by atoms with Crippen LogP contribution in [-0.2, 0) is 4.79 Å². The molecule has 0 spiro atoms. The molecule has 0 aliphatic carbocycles. The van der Waals surface area contributed by atoms with Gasteiger partial charge in [0, 0.05) is 0 Å². The molecule has 1 N–H and O–H groups in total. The number of likely N-dealkylation sites (tertiary alicyclic amines) is 1. The first-order chi connectivity index (χ1) is 7.79. The Morgan fingerprint density at radius 1 is 1.31 bits per heavy atom. The molecule has 1 atom stereocenters. The molecule has 0 amide bonds. The highest BCUT2D eigenvalue weighted by atomic mass is 32.1. The topological polar surface area (TPSA) is 40.5 Å². The lowest BCUT2D eigenvalue weighted by atomic mass is 10.1. The number of aliphatic carboxylic acids is 1. The molecule has 0 bridgehead atoms. The first-order valence-electron chi connectivity index (χ1n) is 5.78. The van der Waals surface area contributed by atoms with Gasteiger partial charge in [0.1, 0.15) is 6.04 Å². The monoisotopic (exact) mass is 239 g/mol. The maximum Gasteiger partial charge on any atom is 0.325 e. The van der Waals surface area contributed by atoms with Gasteiger partial charge in [-0.3, -0.25) is 9.69 Å². The molecule has 1 fully saturated rings. The number of hydrogen-bond donors (Lipinski definition) is 1. The number of carboxylic acids is 1. The molecule has 1 aromatic heterocycles. The van der Waals surface area contributed by atoms with Gasteiger partial charge in [-0.15, -0.1) is 0 Å². The summed E-state index contributed by atoms with van der Waals surface area (Å²) in [4.78, 5) is 13.5. The van der Waals surface area contributed by atoms with Crippen molar-refractivity contribution >= 4 is 17.3 Å². The van der Waals surface area contributed by atoms with Gasteiger partial charge in [-0.1, -0.05) is 12.8 Å². The third-order valence-electron chi connectivity index (χ3n) is 3.10. The summed E-state index contributed by atoms with van der Waals surface area (Å²) in [6.07, 6.45) is 4.70. The molecule has 2 rings (SSSR count). The Morgan fingerprint density at radius 3 is 2.50 bits per heavy atom. The number of carboxylic acid groups (broad SMARTS) is 1. The molecule has 2 heterocycles. The van der Waals surface area contributed by atoms with E-state index in [9.17, 15) is 9.90 Å². The largest absolute Gasteiger partial charge is 0.480 e. The van der Waals surface area contributed by atoms with Gasteiger partial charge in [0.15, 0.2) is 0 Å². The summed E-state index contributed by atoms with van der Waals surface area (Å²) < 4.78 is 0. The van der Waals surface area contributed by atoms with E-state index >= 15 is 0 Å². The zero-order chi connectivity index (χ0) is 11.4. The van der Waals surface area contributed by atoms with Crippen molar-refractivity contribution in [3.63, 3.8) is 0 Å². The fraction of sp³-hybridized carbons (Fsp3) is 0.583. The molecule has 1 unspecified atom stereocenters. The second-order valence-corrected chi connectivity index (χ2v) is 5.03. The number of thiophene rings is 1. The number of nitrogens with zero attached hydrogens (tertiary/aromatic N) is 1. The second-order valence-electron chi connectivity index (χ2n) is 4.25. The van der Waals surface area contributed by atoms with Crippen molar-refractivity contribution in [3.8, 4) is 0 Å². The van der Waals surface area contributed by atoms with Crippen molar-refractivity contribution in [3.05, 3.63) is 22.4 Å². The molecule has 1 aliphatic rings. The van der Waals surface area contributed by atoms with E-state index in [1.54, 1.807) is 11.3 Å². The highest BCUT2D eigenvalue weighted by molar-refractivity contribution is 7.08. The molecule has 3 nitrogen and oxygen atoms in total. The first-order valence-corrected chi connectivity index (χ1v) is 6.72. The lowest BCUT2D eigenvalue weighted by molar-refractivity contribution is -0.143. The van der Waals surface area contributed by atoms with E-state index < -0.39 is 12.0 Å². The summed E-state index contributed by atoms with van der Waals surface area (Å²) in [6.45, 7) is 1.82. The SMILES string of the molecule is O=C(O)C(c1ccsc1)N1CCCCCC1. The first kappa shape index (κ1) is 11.6. The van der Waals surface area contributed by atoms with E-state index in [1.165, 1.54) is 12.8 Å². The Hall–Kier alpha value is -0.870. The molecule has 4 heteroatoms. The van der Waals surface area contributed by atoms with E-state index in [4.69, 9.17) is 0 Å². The zero-order valence-electron chi connectivity index (χ0n) is 9.26. The van der Waals surface area contributed by atoms with Gasteiger partial charge in [-0.2, -0.15) is 11.3 Å². The molecule has 0 radical (unpaired) electrons. The van der Waals surface area contributed by atoms with Crippen molar-refractivity contribution in [2.75, 3.05) is 13.1 Å². The van der Waals surface area contributed by atoms with Crippen LogP contribution in [0.15, 0.2) is 16.8 Å². The zero-order valence-corrected chi connectivity index (χ0v) is 10.1. The van der Waals surface area contributed by atoms with Crippen LogP contribution in [0.5, 0.6) is 0 Å². The molecular weight excluding hydrogens is 222 g/mol. The maximum absolute atomic E-state index is 11.4. The molecule has 1 saturated heterocycles. The summed E-state index contributed by atoms with van der Waals surface area (Å²) in [5.74, 6) is -0.722. The van der Waals surface area contributed by atoms with E-state index in [1.807, 2.05) is 16.8 Å². The van der Waals surface area contributed by atoms with Gasteiger partial charge in [0.05, 0.1) is 0 Å². The molecule has 1 aromatic rings. The van der Waals surface area contributed by atoms with Crippen molar-refractivity contribution in [2.24, 2.45) is 0 Å². The summed E-state index contributed by atoms with van der Waals surface area (Å²) in [6, 6.07) is 1.48. The fourth-order valence-corrected chi connectivity index (χ4v) is 2.97. The predicted molar refractivity (Wildman–Crippen MR) is 64.7 cm³/mol. The van der Waals surface area contributed by atoms with Crippen LogP contribution in [-0.4, -0.2) is 29.1 Å². The Labute approximate surface area is 99.7 Å². The maximum atomic E-state index is 11.4. The van der Waals surface area contributed by atoms with Crippen LogP contribution >= 0.6 is 11.3 Å². The molecule has 0 saturated carbocycles. The molecule has 88 valence electrons. The summed E-state index contributed by atoms with van der Waals surface area (Å²) >= 11 is 1.56. The van der Waals surface area contributed by atoms with Gasteiger partial charge >= 0.3 is 5.97 Å². The highest BCUT2D eigenvalue weighted by Crippen LogP contribution is 2.26. The van der Waals surface area contributed by atoms with E-state index in [0.717, 1.165) is 31.5 Å². The average Bonchev–Trinajstić information content (AvgIpc) is 2.62. The van der Waals surface area contributed by atoms with E-state index in [0.29, 0.717) is 0 Å². The third kappa shape index (κ3) is 2.62. The number of carbonyl (C=O) groups is 1. The Bertz CT molecular complexity index is 329. The predicted octanol–water partition coefficient (Wildman–Crippen LogP) is 2.75. The summed E-state index contributed by atoms with van der Waals surface area (Å²) in [7, 11) is 0. The van der Waals surface area contributed by atoms with Crippen LogP contribution in [0.25, 0.3) is 0 Å². The Balaban J connectivity index is 2.15. The lowest BCUT2D eigenvalue weighted by Crippen LogP contribution is -2.34. The van der Waals surface area contributed by atoms with Crippen LogP contribution in [0.2, 0.25) is 0 Å². The molecular formula is C12H17NO2S. The van der Waals surface area contributed by atoms with Gasteiger partial charge in [-0.05, 0) is 48.3 Å².